The number of aromatic nitrogens is 2. The number of sulfonamides is 1. The summed E-state index contributed by atoms with van der Waals surface area (Å²) in [4.78, 5) is 32.1. The Morgan fingerprint density at radius 1 is 1.32 bits per heavy atom. The van der Waals surface area contributed by atoms with Crippen LogP contribution in [0.25, 0.3) is 0 Å². The van der Waals surface area contributed by atoms with Gasteiger partial charge in [0.05, 0.1) is 24.2 Å². The molecule has 0 atom stereocenters. The number of rotatable bonds is 7. The van der Waals surface area contributed by atoms with E-state index in [1.807, 2.05) is 0 Å². The number of hydrogen-bond acceptors (Lipinski definition) is 6. The molecule has 2 rings (SSSR count). The highest BCUT2D eigenvalue weighted by Crippen LogP contribution is 2.07. The van der Waals surface area contributed by atoms with Crippen LogP contribution in [0.1, 0.15) is 18.2 Å². The first-order chi connectivity index (χ1) is 11.8. The summed E-state index contributed by atoms with van der Waals surface area (Å²) in [5, 5.41) is 2.81. The Morgan fingerprint density at radius 3 is 2.64 bits per heavy atom. The van der Waals surface area contributed by atoms with Crippen LogP contribution >= 0.6 is 0 Å². The third-order valence-corrected chi connectivity index (χ3v) is 6.24. The lowest BCUT2D eigenvalue weighted by molar-refractivity contribution is -0.120. The van der Waals surface area contributed by atoms with Gasteiger partial charge < -0.3 is 10.3 Å². The van der Waals surface area contributed by atoms with Crippen molar-refractivity contribution in [3.05, 3.63) is 27.9 Å². The number of piperazine rings is 1. The third-order valence-electron chi connectivity index (χ3n) is 4.36. The molecule has 2 heterocycles. The molecule has 25 heavy (non-hydrogen) atoms. The van der Waals surface area contributed by atoms with E-state index in [0.717, 1.165) is 0 Å². The molecule has 1 aromatic rings. The summed E-state index contributed by atoms with van der Waals surface area (Å²) >= 11 is 0. The predicted octanol–water partition coefficient (Wildman–Crippen LogP) is -1.30. The lowest BCUT2D eigenvalue weighted by Gasteiger charge is -2.33. The van der Waals surface area contributed by atoms with E-state index < -0.39 is 10.0 Å². The van der Waals surface area contributed by atoms with Gasteiger partial charge in [0.15, 0.2) is 0 Å². The van der Waals surface area contributed by atoms with Crippen LogP contribution < -0.4 is 10.9 Å². The highest BCUT2D eigenvalue weighted by atomic mass is 32.2. The quantitative estimate of drug-likeness (QED) is 0.616. The van der Waals surface area contributed by atoms with Gasteiger partial charge in [0.2, 0.25) is 15.9 Å². The largest absolute Gasteiger partial charge is 0.354 e. The molecule has 0 aliphatic carbocycles. The fourth-order valence-corrected chi connectivity index (χ4v) is 3.75. The molecule has 9 nitrogen and oxygen atoms in total. The van der Waals surface area contributed by atoms with Crippen molar-refractivity contribution in [2.45, 2.75) is 20.3 Å². The number of aromatic amines is 1. The summed E-state index contributed by atoms with van der Waals surface area (Å²) in [5.74, 6) is -0.0628. The fourth-order valence-electron chi connectivity index (χ4n) is 2.67. The molecule has 0 saturated carbocycles. The third kappa shape index (κ3) is 5.35. The van der Waals surface area contributed by atoms with Crippen molar-refractivity contribution in [1.82, 2.24) is 24.5 Å². The van der Waals surface area contributed by atoms with Gasteiger partial charge in [-0.3, -0.25) is 14.5 Å². The van der Waals surface area contributed by atoms with Gasteiger partial charge >= 0.3 is 0 Å². The first-order valence-electron chi connectivity index (χ1n) is 8.33. The highest BCUT2D eigenvalue weighted by molar-refractivity contribution is 7.89. The van der Waals surface area contributed by atoms with Gasteiger partial charge in [0, 0.05) is 44.8 Å². The minimum absolute atomic E-state index is 0.0677. The number of amides is 1. The normalized spacial score (nSPS) is 16.7. The summed E-state index contributed by atoms with van der Waals surface area (Å²) < 4.78 is 25.1. The molecule has 10 heteroatoms. The van der Waals surface area contributed by atoms with Crippen LogP contribution in [0.3, 0.4) is 0 Å². The summed E-state index contributed by atoms with van der Waals surface area (Å²) in [6.45, 7) is 6.70. The maximum absolute atomic E-state index is 12.0. The van der Waals surface area contributed by atoms with Gasteiger partial charge in [0.25, 0.3) is 5.56 Å². The van der Waals surface area contributed by atoms with Crippen molar-refractivity contribution in [1.29, 1.82) is 0 Å². The molecule has 0 bridgehead atoms. The maximum Gasteiger partial charge on any atom is 0.253 e. The molecular weight excluding hydrogens is 346 g/mol. The van der Waals surface area contributed by atoms with Crippen LogP contribution in [-0.2, 0) is 21.2 Å². The summed E-state index contributed by atoms with van der Waals surface area (Å²) in [6.07, 6.45) is 1.36. The van der Waals surface area contributed by atoms with E-state index in [1.165, 1.54) is 10.6 Å². The van der Waals surface area contributed by atoms with Gasteiger partial charge in [-0.1, -0.05) is 0 Å². The smallest absolute Gasteiger partial charge is 0.253 e. The first-order valence-corrected chi connectivity index (χ1v) is 9.94. The minimum atomic E-state index is -3.12. The van der Waals surface area contributed by atoms with E-state index in [0.29, 0.717) is 50.5 Å². The monoisotopic (exact) mass is 371 g/mol. The zero-order valence-corrected chi connectivity index (χ0v) is 15.4. The van der Waals surface area contributed by atoms with E-state index in [9.17, 15) is 18.0 Å². The molecule has 140 valence electrons. The fraction of sp³-hybridized carbons (Fsp3) is 0.667. The van der Waals surface area contributed by atoms with Gasteiger partial charge in [0.1, 0.15) is 0 Å². The van der Waals surface area contributed by atoms with E-state index in [-0.39, 0.29) is 23.6 Å². The van der Waals surface area contributed by atoms with Gasteiger partial charge in [-0.2, -0.15) is 4.31 Å². The van der Waals surface area contributed by atoms with Crippen LogP contribution in [0.5, 0.6) is 0 Å². The van der Waals surface area contributed by atoms with Crippen molar-refractivity contribution >= 4 is 15.9 Å². The second-order valence-corrected chi connectivity index (χ2v) is 8.23. The Balaban J connectivity index is 1.72. The zero-order chi connectivity index (χ0) is 18.4. The van der Waals surface area contributed by atoms with Crippen molar-refractivity contribution < 1.29 is 13.2 Å². The molecule has 1 aliphatic rings. The lowest BCUT2D eigenvalue weighted by Crippen LogP contribution is -2.50. The second kappa shape index (κ2) is 8.54. The van der Waals surface area contributed by atoms with E-state index >= 15 is 0 Å². The predicted molar refractivity (Wildman–Crippen MR) is 93.8 cm³/mol. The number of nitrogens with zero attached hydrogens (tertiary/aromatic N) is 3. The Bertz CT molecular complexity index is 753. The van der Waals surface area contributed by atoms with Crippen LogP contribution in [0.2, 0.25) is 0 Å². The SMILES string of the molecule is CCS(=O)(=O)N1CCN(CCNC(=O)Cc2nc[nH]c(=O)c2C)CC1. The molecule has 1 amide bonds. The van der Waals surface area contributed by atoms with E-state index in [4.69, 9.17) is 0 Å². The minimum Gasteiger partial charge on any atom is -0.354 e. The molecule has 2 N–H and O–H groups in total. The van der Waals surface area contributed by atoms with Crippen molar-refractivity contribution in [3.8, 4) is 0 Å². The van der Waals surface area contributed by atoms with Gasteiger partial charge in [-0.25, -0.2) is 13.4 Å². The molecule has 1 aliphatic heterocycles. The van der Waals surface area contributed by atoms with Crippen molar-refractivity contribution in [2.24, 2.45) is 0 Å². The Kier molecular flexibility index (Phi) is 6.68. The Hall–Kier alpha value is -1.78. The van der Waals surface area contributed by atoms with Gasteiger partial charge in [-0.15, -0.1) is 0 Å². The molecular formula is C15H25N5O4S. The van der Waals surface area contributed by atoms with E-state index in [2.05, 4.69) is 20.2 Å². The maximum atomic E-state index is 12.0. The van der Waals surface area contributed by atoms with Crippen LogP contribution in [0.4, 0.5) is 0 Å². The number of nitrogens with one attached hydrogen (secondary N) is 2. The Morgan fingerprint density at radius 2 is 2.00 bits per heavy atom. The number of carbonyl (C=O) groups excluding carboxylic acids is 1. The van der Waals surface area contributed by atoms with Crippen LogP contribution in [0, 0.1) is 6.92 Å². The standard InChI is InChI=1S/C15H25N5O4S/c1-3-25(23,24)20-8-6-19(7-9-20)5-4-16-14(21)10-13-12(2)15(22)18-11-17-13/h11H,3-10H2,1-2H3,(H,16,21)(H,17,18,22). The Labute approximate surface area is 147 Å². The zero-order valence-electron chi connectivity index (χ0n) is 14.6. The average Bonchev–Trinajstić information content (AvgIpc) is 2.59. The summed E-state index contributed by atoms with van der Waals surface area (Å²) in [7, 11) is -3.12. The van der Waals surface area contributed by atoms with Gasteiger partial charge in [-0.05, 0) is 13.8 Å². The van der Waals surface area contributed by atoms with Crippen molar-refractivity contribution in [3.63, 3.8) is 0 Å². The van der Waals surface area contributed by atoms with Crippen LogP contribution in [0.15, 0.2) is 11.1 Å². The second-order valence-electron chi connectivity index (χ2n) is 5.97. The molecule has 0 radical (unpaired) electrons. The molecule has 0 aromatic carbocycles. The molecule has 1 aromatic heterocycles. The van der Waals surface area contributed by atoms with E-state index in [1.54, 1.807) is 13.8 Å². The molecule has 0 spiro atoms. The first kappa shape index (κ1) is 19.5. The summed E-state index contributed by atoms with van der Waals surface area (Å²) in [6, 6.07) is 0. The lowest BCUT2D eigenvalue weighted by atomic mass is 10.2. The van der Waals surface area contributed by atoms with Crippen LogP contribution in [-0.4, -0.2) is 78.5 Å². The molecule has 1 fully saturated rings. The number of H-pyrrole nitrogens is 1. The molecule has 1 saturated heterocycles. The number of carbonyl (C=O) groups is 1. The average molecular weight is 371 g/mol. The highest BCUT2D eigenvalue weighted by Gasteiger charge is 2.25. The topological polar surface area (TPSA) is 115 Å². The number of hydrogen-bond donors (Lipinski definition) is 2. The molecule has 0 unspecified atom stereocenters. The van der Waals surface area contributed by atoms with Crippen molar-refractivity contribution in [2.75, 3.05) is 45.0 Å². The summed E-state index contributed by atoms with van der Waals surface area (Å²) in [5.41, 5.74) is 0.684.